The van der Waals surface area contributed by atoms with Crippen LogP contribution in [0.1, 0.15) is 41.2 Å². The molecule has 5 rings (SSSR count). The van der Waals surface area contributed by atoms with Crippen LogP contribution in [0.5, 0.6) is 5.75 Å². The largest absolute Gasteiger partial charge is 0.484 e. The molecule has 0 N–H and O–H groups in total. The Morgan fingerprint density at radius 2 is 1.94 bits per heavy atom. The third-order valence-electron chi connectivity index (χ3n) is 6.58. The van der Waals surface area contributed by atoms with Crippen LogP contribution in [-0.4, -0.2) is 53.6 Å². The standard InChI is InChI=1S/C24H29N3O4/c1-16-21(17(2)31-25-16)14-26-9-11-27(12-10-26)24(28)15-29-18-7-8-23-20(13-18)19-5-3-4-6-22(19)30-23/h7-8,13H,3-6,9-12,14-15H2,1-2H3. The summed E-state index contributed by atoms with van der Waals surface area (Å²) in [5.41, 5.74) is 4.33. The lowest BCUT2D eigenvalue weighted by atomic mass is 9.96. The molecule has 164 valence electrons. The number of aryl methyl sites for hydroxylation is 4. The number of ether oxygens (including phenoxy) is 1. The van der Waals surface area contributed by atoms with E-state index in [4.69, 9.17) is 13.7 Å². The zero-order chi connectivity index (χ0) is 21.4. The second-order valence-electron chi connectivity index (χ2n) is 8.62. The highest BCUT2D eigenvalue weighted by Crippen LogP contribution is 2.34. The van der Waals surface area contributed by atoms with E-state index in [1.54, 1.807) is 0 Å². The molecule has 0 saturated carbocycles. The SMILES string of the molecule is Cc1noc(C)c1CN1CCN(C(=O)COc2ccc3oc4c(c3c2)CCCC4)CC1. The van der Waals surface area contributed by atoms with Crippen LogP contribution < -0.4 is 4.74 Å². The molecule has 0 bridgehead atoms. The number of rotatable bonds is 5. The summed E-state index contributed by atoms with van der Waals surface area (Å²) in [6, 6.07) is 5.88. The number of benzene rings is 1. The van der Waals surface area contributed by atoms with E-state index in [2.05, 4.69) is 10.1 Å². The van der Waals surface area contributed by atoms with Crippen LogP contribution >= 0.6 is 0 Å². The van der Waals surface area contributed by atoms with Gasteiger partial charge in [0.15, 0.2) is 6.61 Å². The van der Waals surface area contributed by atoms with Crippen molar-refractivity contribution in [3.63, 3.8) is 0 Å². The molecule has 1 saturated heterocycles. The minimum absolute atomic E-state index is 0.0336. The summed E-state index contributed by atoms with van der Waals surface area (Å²) >= 11 is 0. The van der Waals surface area contributed by atoms with Crippen LogP contribution in [0.15, 0.2) is 27.1 Å². The molecule has 7 nitrogen and oxygen atoms in total. The van der Waals surface area contributed by atoms with Gasteiger partial charge in [0.05, 0.1) is 5.69 Å². The maximum atomic E-state index is 12.7. The van der Waals surface area contributed by atoms with Gasteiger partial charge in [0.2, 0.25) is 0 Å². The van der Waals surface area contributed by atoms with E-state index in [0.717, 1.165) is 72.0 Å². The van der Waals surface area contributed by atoms with E-state index in [-0.39, 0.29) is 12.5 Å². The molecule has 1 amide bonds. The lowest BCUT2D eigenvalue weighted by Crippen LogP contribution is -2.49. The Morgan fingerprint density at radius 1 is 1.13 bits per heavy atom. The molecule has 31 heavy (non-hydrogen) atoms. The zero-order valence-electron chi connectivity index (χ0n) is 18.3. The fourth-order valence-electron chi connectivity index (χ4n) is 4.67. The summed E-state index contributed by atoms with van der Waals surface area (Å²) < 4.78 is 17.1. The highest BCUT2D eigenvalue weighted by molar-refractivity contribution is 5.84. The normalized spacial score (nSPS) is 17.2. The van der Waals surface area contributed by atoms with Crippen molar-refractivity contribution < 1.29 is 18.5 Å². The third kappa shape index (κ3) is 4.06. The maximum absolute atomic E-state index is 12.7. The predicted molar refractivity (Wildman–Crippen MR) is 116 cm³/mol. The number of piperazine rings is 1. The number of nitrogens with zero attached hydrogens (tertiary/aromatic N) is 3. The van der Waals surface area contributed by atoms with Crippen molar-refractivity contribution in [2.75, 3.05) is 32.8 Å². The molecule has 1 aliphatic heterocycles. The van der Waals surface area contributed by atoms with Crippen molar-refractivity contribution in [3.8, 4) is 5.75 Å². The first-order valence-corrected chi connectivity index (χ1v) is 11.2. The van der Waals surface area contributed by atoms with Gasteiger partial charge >= 0.3 is 0 Å². The monoisotopic (exact) mass is 423 g/mol. The number of hydrogen-bond donors (Lipinski definition) is 0. The first-order chi connectivity index (χ1) is 15.1. The van der Waals surface area contributed by atoms with Gasteiger partial charge in [-0.05, 0) is 51.3 Å². The number of furan rings is 1. The average Bonchev–Trinajstić information content (AvgIpc) is 3.32. The molecule has 0 spiro atoms. The van der Waals surface area contributed by atoms with Gasteiger partial charge in [-0.3, -0.25) is 9.69 Å². The molecule has 2 aliphatic rings. The number of carbonyl (C=O) groups excluding carboxylic acids is 1. The smallest absolute Gasteiger partial charge is 0.260 e. The predicted octanol–water partition coefficient (Wildman–Crippen LogP) is 3.64. The molecule has 1 aliphatic carbocycles. The molecule has 3 heterocycles. The Kier molecular flexibility index (Phi) is 5.44. The first kappa shape index (κ1) is 20.1. The van der Waals surface area contributed by atoms with Crippen molar-refractivity contribution in [3.05, 3.63) is 46.5 Å². The van der Waals surface area contributed by atoms with Gasteiger partial charge in [0.1, 0.15) is 22.9 Å². The Balaban J connectivity index is 1.15. The van der Waals surface area contributed by atoms with Crippen molar-refractivity contribution in [2.45, 2.75) is 46.1 Å². The Bertz CT molecular complexity index is 1070. The zero-order valence-corrected chi connectivity index (χ0v) is 18.3. The number of hydrogen-bond acceptors (Lipinski definition) is 6. The number of fused-ring (bicyclic) bond motifs is 3. The van der Waals surface area contributed by atoms with E-state index in [9.17, 15) is 4.79 Å². The summed E-state index contributed by atoms with van der Waals surface area (Å²) in [6.07, 6.45) is 4.47. The van der Waals surface area contributed by atoms with Gasteiger partial charge in [0, 0.05) is 55.7 Å². The number of amides is 1. The molecular weight excluding hydrogens is 394 g/mol. The van der Waals surface area contributed by atoms with Gasteiger partial charge in [-0.25, -0.2) is 0 Å². The molecule has 3 aromatic rings. The summed E-state index contributed by atoms with van der Waals surface area (Å²) in [5, 5.41) is 5.16. The van der Waals surface area contributed by atoms with E-state index in [0.29, 0.717) is 13.1 Å². The van der Waals surface area contributed by atoms with Gasteiger partial charge < -0.3 is 18.6 Å². The van der Waals surface area contributed by atoms with E-state index in [1.165, 1.54) is 18.4 Å². The van der Waals surface area contributed by atoms with Crippen molar-refractivity contribution in [2.24, 2.45) is 0 Å². The van der Waals surface area contributed by atoms with Gasteiger partial charge in [-0.1, -0.05) is 5.16 Å². The van der Waals surface area contributed by atoms with Crippen molar-refractivity contribution in [1.82, 2.24) is 15.0 Å². The van der Waals surface area contributed by atoms with Gasteiger partial charge in [-0.2, -0.15) is 0 Å². The minimum Gasteiger partial charge on any atom is -0.484 e. The third-order valence-corrected chi connectivity index (χ3v) is 6.58. The lowest BCUT2D eigenvalue weighted by molar-refractivity contribution is -0.135. The molecule has 1 aromatic carbocycles. The Morgan fingerprint density at radius 3 is 2.71 bits per heavy atom. The summed E-state index contributed by atoms with van der Waals surface area (Å²) in [5.74, 6) is 2.75. The van der Waals surface area contributed by atoms with Crippen molar-refractivity contribution >= 4 is 16.9 Å². The molecule has 0 atom stereocenters. The highest BCUT2D eigenvalue weighted by atomic mass is 16.5. The topological polar surface area (TPSA) is 72.0 Å². The quantitative estimate of drug-likeness (QED) is 0.624. The summed E-state index contributed by atoms with van der Waals surface area (Å²) in [6.45, 7) is 7.89. The van der Waals surface area contributed by atoms with Crippen LogP contribution in [0, 0.1) is 13.8 Å². The van der Waals surface area contributed by atoms with Crippen LogP contribution in [0.25, 0.3) is 11.0 Å². The van der Waals surface area contributed by atoms with Gasteiger partial charge in [-0.15, -0.1) is 0 Å². The van der Waals surface area contributed by atoms with Crippen LogP contribution in [0.2, 0.25) is 0 Å². The summed E-state index contributed by atoms with van der Waals surface area (Å²) in [7, 11) is 0. The van der Waals surface area contributed by atoms with Gasteiger partial charge in [0.25, 0.3) is 5.91 Å². The van der Waals surface area contributed by atoms with Crippen LogP contribution in [0.3, 0.4) is 0 Å². The highest BCUT2D eigenvalue weighted by Gasteiger charge is 2.23. The molecule has 0 unspecified atom stereocenters. The van der Waals surface area contributed by atoms with Crippen molar-refractivity contribution in [1.29, 1.82) is 0 Å². The first-order valence-electron chi connectivity index (χ1n) is 11.2. The van der Waals surface area contributed by atoms with E-state index < -0.39 is 0 Å². The lowest BCUT2D eigenvalue weighted by Gasteiger charge is -2.34. The molecule has 1 fully saturated rings. The molecule has 0 radical (unpaired) electrons. The second kappa shape index (κ2) is 8.38. The second-order valence-corrected chi connectivity index (χ2v) is 8.62. The summed E-state index contributed by atoms with van der Waals surface area (Å²) in [4.78, 5) is 16.9. The fourth-order valence-corrected chi connectivity index (χ4v) is 4.67. The van der Waals surface area contributed by atoms with E-state index in [1.807, 2.05) is 36.9 Å². The van der Waals surface area contributed by atoms with E-state index >= 15 is 0 Å². The fraction of sp³-hybridized carbons (Fsp3) is 0.500. The Hall–Kier alpha value is -2.80. The molecule has 2 aromatic heterocycles. The average molecular weight is 424 g/mol. The molecule has 7 heteroatoms. The number of aromatic nitrogens is 1. The molecular formula is C24H29N3O4. The van der Waals surface area contributed by atoms with Crippen LogP contribution in [-0.2, 0) is 24.2 Å². The number of carbonyl (C=O) groups is 1. The Labute approximate surface area is 181 Å². The maximum Gasteiger partial charge on any atom is 0.260 e. The minimum atomic E-state index is 0.0336. The van der Waals surface area contributed by atoms with Crippen LogP contribution in [0.4, 0.5) is 0 Å².